The summed E-state index contributed by atoms with van der Waals surface area (Å²) in [4.78, 5) is 11.8. The van der Waals surface area contributed by atoms with Crippen LogP contribution in [-0.2, 0) is 11.2 Å². The molecule has 0 aliphatic heterocycles. The first-order valence-electron chi connectivity index (χ1n) is 7.83. The van der Waals surface area contributed by atoms with Crippen molar-refractivity contribution in [2.45, 2.75) is 6.42 Å². The van der Waals surface area contributed by atoms with Gasteiger partial charge < -0.3 is 14.5 Å². The van der Waals surface area contributed by atoms with Crippen molar-refractivity contribution in [1.29, 1.82) is 0 Å². The summed E-state index contributed by atoms with van der Waals surface area (Å²) in [6.07, 6.45) is 0.424. The minimum absolute atomic E-state index is 0.0819. The van der Waals surface area contributed by atoms with Gasteiger partial charge in [-0.1, -0.05) is 23.2 Å². The lowest BCUT2D eigenvalue weighted by Gasteiger charge is -2.06. The van der Waals surface area contributed by atoms with Gasteiger partial charge in [-0.3, -0.25) is 4.79 Å². The zero-order valence-corrected chi connectivity index (χ0v) is 15.1. The standard InChI is InChI=1S/C18H15Cl2N3O3/c19-13-3-1-12(2-4-13)18-23-22-17(26-18)9-10-21-16(24)11-25-15-7-5-14(20)6-8-15/h1-8H,9-11H2,(H,21,24). The number of nitrogens with zero attached hydrogens (tertiary/aromatic N) is 2. The van der Waals surface area contributed by atoms with Crippen LogP contribution >= 0.6 is 23.2 Å². The molecule has 1 aromatic heterocycles. The predicted octanol–water partition coefficient (Wildman–Crippen LogP) is 3.78. The molecule has 1 amide bonds. The molecule has 6 nitrogen and oxygen atoms in total. The van der Waals surface area contributed by atoms with Crippen LogP contribution in [0.4, 0.5) is 0 Å². The van der Waals surface area contributed by atoms with Crippen molar-refractivity contribution in [2.75, 3.05) is 13.2 Å². The Labute approximate surface area is 160 Å². The molecule has 0 unspecified atom stereocenters. The molecule has 3 rings (SSSR count). The van der Waals surface area contributed by atoms with E-state index in [2.05, 4.69) is 15.5 Å². The largest absolute Gasteiger partial charge is 0.484 e. The maximum Gasteiger partial charge on any atom is 0.257 e. The Morgan fingerprint density at radius 3 is 2.35 bits per heavy atom. The Morgan fingerprint density at radius 2 is 1.65 bits per heavy atom. The zero-order valence-electron chi connectivity index (χ0n) is 13.6. The molecule has 0 radical (unpaired) electrons. The zero-order chi connectivity index (χ0) is 18.4. The van der Waals surface area contributed by atoms with Crippen LogP contribution in [0, 0.1) is 0 Å². The SMILES string of the molecule is O=C(COc1ccc(Cl)cc1)NCCc1nnc(-c2ccc(Cl)cc2)o1. The van der Waals surface area contributed by atoms with Crippen molar-refractivity contribution < 1.29 is 13.9 Å². The van der Waals surface area contributed by atoms with Gasteiger partial charge in [-0.2, -0.15) is 0 Å². The van der Waals surface area contributed by atoms with E-state index in [1.807, 2.05) is 0 Å². The number of benzene rings is 2. The monoisotopic (exact) mass is 391 g/mol. The van der Waals surface area contributed by atoms with Gasteiger partial charge in [-0.25, -0.2) is 0 Å². The lowest BCUT2D eigenvalue weighted by Crippen LogP contribution is -2.30. The van der Waals surface area contributed by atoms with Gasteiger partial charge in [0.1, 0.15) is 5.75 Å². The van der Waals surface area contributed by atoms with E-state index >= 15 is 0 Å². The number of hydrogen-bond acceptors (Lipinski definition) is 5. The molecule has 134 valence electrons. The highest BCUT2D eigenvalue weighted by atomic mass is 35.5. The number of amides is 1. The van der Waals surface area contributed by atoms with Crippen LogP contribution in [0.25, 0.3) is 11.5 Å². The second-order valence-electron chi connectivity index (χ2n) is 5.35. The van der Waals surface area contributed by atoms with Gasteiger partial charge in [0.15, 0.2) is 6.61 Å². The number of hydrogen-bond donors (Lipinski definition) is 1. The van der Waals surface area contributed by atoms with E-state index in [0.717, 1.165) is 5.56 Å². The maximum atomic E-state index is 11.8. The second kappa shape index (κ2) is 8.69. The van der Waals surface area contributed by atoms with Gasteiger partial charge in [0.25, 0.3) is 5.91 Å². The van der Waals surface area contributed by atoms with Crippen molar-refractivity contribution >= 4 is 29.1 Å². The van der Waals surface area contributed by atoms with Crippen LogP contribution in [0.5, 0.6) is 5.75 Å². The third-order valence-corrected chi connectivity index (χ3v) is 3.91. The maximum absolute atomic E-state index is 11.8. The van der Waals surface area contributed by atoms with Gasteiger partial charge >= 0.3 is 0 Å². The first kappa shape index (κ1) is 18.2. The lowest BCUT2D eigenvalue weighted by atomic mass is 10.2. The average Bonchev–Trinajstić information content (AvgIpc) is 3.11. The van der Waals surface area contributed by atoms with E-state index in [4.69, 9.17) is 32.4 Å². The van der Waals surface area contributed by atoms with Crippen LogP contribution < -0.4 is 10.1 Å². The van der Waals surface area contributed by atoms with Crippen molar-refractivity contribution in [2.24, 2.45) is 0 Å². The average molecular weight is 392 g/mol. The highest BCUT2D eigenvalue weighted by Crippen LogP contribution is 2.20. The number of carbonyl (C=O) groups excluding carboxylic acids is 1. The molecule has 0 saturated carbocycles. The molecule has 0 aliphatic rings. The number of halogens is 2. The molecule has 1 N–H and O–H groups in total. The minimum atomic E-state index is -0.239. The first-order chi connectivity index (χ1) is 12.6. The van der Waals surface area contributed by atoms with Crippen LogP contribution in [-0.4, -0.2) is 29.3 Å². The Kier molecular flexibility index (Phi) is 6.09. The summed E-state index contributed by atoms with van der Waals surface area (Å²) in [6, 6.07) is 13.9. The van der Waals surface area contributed by atoms with Gasteiger partial charge in [0, 0.05) is 28.6 Å². The molecule has 0 saturated heterocycles. The third-order valence-electron chi connectivity index (χ3n) is 3.40. The van der Waals surface area contributed by atoms with E-state index < -0.39 is 0 Å². The summed E-state index contributed by atoms with van der Waals surface area (Å²) in [5, 5.41) is 11.9. The fourth-order valence-corrected chi connectivity index (χ4v) is 2.36. The summed E-state index contributed by atoms with van der Waals surface area (Å²) in [5.41, 5.74) is 0.786. The normalized spacial score (nSPS) is 10.5. The first-order valence-corrected chi connectivity index (χ1v) is 8.59. The molecule has 0 atom stereocenters. The topological polar surface area (TPSA) is 77.2 Å². The molecular formula is C18H15Cl2N3O3. The van der Waals surface area contributed by atoms with E-state index in [1.165, 1.54) is 0 Å². The van der Waals surface area contributed by atoms with Crippen molar-refractivity contribution in [3.05, 3.63) is 64.5 Å². The second-order valence-corrected chi connectivity index (χ2v) is 6.22. The lowest BCUT2D eigenvalue weighted by molar-refractivity contribution is -0.123. The molecular weight excluding hydrogens is 377 g/mol. The highest BCUT2D eigenvalue weighted by Gasteiger charge is 2.09. The predicted molar refractivity (Wildman–Crippen MR) is 98.4 cm³/mol. The van der Waals surface area contributed by atoms with E-state index in [1.54, 1.807) is 48.5 Å². The van der Waals surface area contributed by atoms with Crippen LogP contribution in [0.15, 0.2) is 52.9 Å². The van der Waals surface area contributed by atoms with Crippen LogP contribution in [0.3, 0.4) is 0 Å². The molecule has 26 heavy (non-hydrogen) atoms. The molecule has 0 spiro atoms. The fourth-order valence-electron chi connectivity index (χ4n) is 2.10. The molecule has 0 aliphatic carbocycles. The summed E-state index contributed by atoms with van der Waals surface area (Å²) in [7, 11) is 0. The number of ether oxygens (including phenoxy) is 1. The van der Waals surface area contributed by atoms with Crippen LogP contribution in [0.2, 0.25) is 10.0 Å². The Balaban J connectivity index is 1.42. The molecule has 2 aromatic carbocycles. The summed E-state index contributed by atoms with van der Waals surface area (Å²) >= 11 is 11.6. The van der Waals surface area contributed by atoms with Gasteiger partial charge in [0.05, 0.1) is 0 Å². The molecule has 1 heterocycles. The summed E-state index contributed by atoms with van der Waals surface area (Å²) < 4.78 is 10.9. The van der Waals surface area contributed by atoms with Gasteiger partial charge in [-0.15, -0.1) is 10.2 Å². The van der Waals surface area contributed by atoms with Crippen LogP contribution in [0.1, 0.15) is 5.89 Å². The quantitative estimate of drug-likeness (QED) is 0.662. The summed E-state index contributed by atoms with van der Waals surface area (Å²) in [5.74, 6) is 1.19. The highest BCUT2D eigenvalue weighted by molar-refractivity contribution is 6.30. The molecule has 0 bridgehead atoms. The number of rotatable bonds is 7. The molecule has 8 heteroatoms. The fraction of sp³-hybridized carbons (Fsp3) is 0.167. The van der Waals surface area contributed by atoms with Crippen molar-refractivity contribution in [1.82, 2.24) is 15.5 Å². The van der Waals surface area contributed by atoms with Crippen molar-refractivity contribution in [3.63, 3.8) is 0 Å². The van der Waals surface area contributed by atoms with E-state index in [9.17, 15) is 4.79 Å². The minimum Gasteiger partial charge on any atom is -0.484 e. The Morgan fingerprint density at radius 1 is 1.00 bits per heavy atom. The molecule has 3 aromatic rings. The Bertz CT molecular complexity index is 864. The molecule has 0 fully saturated rings. The Hall–Kier alpha value is -2.57. The van der Waals surface area contributed by atoms with Crippen molar-refractivity contribution in [3.8, 4) is 17.2 Å². The smallest absolute Gasteiger partial charge is 0.257 e. The summed E-state index contributed by atoms with van der Waals surface area (Å²) in [6.45, 7) is 0.284. The number of aromatic nitrogens is 2. The van der Waals surface area contributed by atoms with E-state index in [0.29, 0.717) is 40.5 Å². The third kappa shape index (κ3) is 5.21. The number of nitrogens with one attached hydrogen (secondary N) is 1. The number of carbonyl (C=O) groups is 1. The van der Waals surface area contributed by atoms with Gasteiger partial charge in [0.2, 0.25) is 11.8 Å². The van der Waals surface area contributed by atoms with E-state index in [-0.39, 0.29) is 12.5 Å². The van der Waals surface area contributed by atoms with Gasteiger partial charge in [-0.05, 0) is 48.5 Å².